The Hall–Kier alpha value is -3.86. The fourth-order valence-electron chi connectivity index (χ4n) is 2.78. The molecule has 0 saturated heterocycles. The molecule has 1 aromatic heterocycles. The summed E-state index contributed by atoms with van der Waals surface area (Å²) in [4.78, 5) is 23.6. The van der Waals surface area contributed by atoms with Gasteiger partial charge in [-0.25, -0.2) is 10.2 Å². The highest BCUT2D eigenvalue weighted by Gasteiger charge is 2.30. The average Bonchev–Trinajstić information content (AvgIpc) is 3.12. The van der Waals surface area contributed by atoms with Crippen molar-refractivity contribution in [3.05, 3.63) is 70.1 Å². The fourth-order valence-corrected chi connectivity index (χ4v) is 3.79. The largest absolute Gasteiger partial charge is 0.506 e. The van der Waals surface area contributed by atoms with E-state index in [0.717, 1.165) is 29.5 Å². The van der Waals surface area contributed by atoms with Crippen LogP contribution in [-0.4, -0.2) is 27.8 Å². The topological polar surface area (TPSA) is 125 Å². The number of benzene rings is 2. The van der Waals surface area contributed by atoms with Gasteiger partial charge in [0.05, 0.1) is 32.8 Å². The molecule has 0 saturated carbocycles. The summed E-state index contributed by atoms with van der Waals surface area (Å²) in [6, 6.07) is 8.00. The molecule has 7 nitrogen and oxygen atoms in total. The standard InChI is InChI=1S/C21H16F3N3O4S/c1-10(26-27-19(29)14-7-4-12(20(30)31)8-16(14)25)15-9-32-18(17(15)28)11-2-5-13(6-3-11)21(22,23)24/h2-9,28H,25H2,1H3,(H,27,29)(H,30,31). The van der Waals surface area contributed by atoms with Gasteiger partial charge in [-0.15, -0.1) is 11.3 Å². The van der Waals surface area contributed by atoms with Crippen molar-refractivity contribution in [3.63, 3.8) is 0 Å². The summed E-state index contributed by atoms with van der Waals surface area (Å²) in [7, 11) is 0. The van der Waals surface area contributed by atoms with Crippen molar-refractivity contribution in [2.45, 2.75) is 13.1 Å². The number of thiophene rings is 1. The van der Waals surface area contributed by atoms with Crippen LogP contribution >= 0.6 is 11.3 Å². The van der Waals surface area contributed by atoms with Crippen LogP contribution in [0.15, 0.2) is 52.9 Å². The number of hydrazone groups is 1. The highest BCUT2D eigenvalue weighted by atomic mass is 32.1. The number of hydrogen-bond acceptors (Lipinski definition) is 6. The lowest BCUT2D eigenvalue weighted by molar-refractivity contribution is -0.137. The first-order valence-electron chi connectivity index (χ1n) is 8.95. The van der Waals surface area contributed by atoms with Crippen LogP contribution in [0.25, 0.3) is 10.4 Å². The van der Waals surface area contributed by atoms with Gasteiger partial charge in [0.1, 0.15) is 5.75 Å². The molecule has 32 heavy (non-hydrogen) atoms. The van der Waals surface area contributed by atoms with Crippen molar-refractivity contribution in [3.8, 4) is 16.2 Å². The molecule has 1 amide bonds. The fraction of sp³-hybridized carbons (Fsp3) is 0.0952. The van der Waals surface area contributed by atoms with Crippen LogP contribution in [-0.2, 0) is 6.18 Å². The third kappa shape index (κ3) is 4.72. The van der Waals surface area contributed by atoms with Crippen molar-refractivity contribution < 1.29 is 33.0 Å². The van der Waals surface area contributed by atoms with E-state index in [1.807, 2.05) is 0 Å². The van der Waals surface area contributed by atoms with E-state index in [1.54, 1.807) is 5.38 Å². The second-order valence-corrected chi connectivity index (χ2v) is 7.53. The molecule has 0 unspecified atom stereocenters. The van der Waals surface area contributed by atoms with E-state index < -0.39 is 23.6 Å². The lowest BCUT2D eigenvalue weighted by Crippen LogP contribution is -2.20. The number of carbonyl (C=O) groups excluding carboxylic acids is 1. The second kappa shape index (κ2) is 8.71. The number of carboxylic acid groups (broad SMARTS) is 1. The zero-order valence-electron chi connectivity index (χ0n) is 16.4. The van der Waals surface area contributed by atoms with Crippen LogP contribution in [0.2, 0.25) is 0 Å². The summed E-state index contributed by atoms with van der Waals surface area (Å²) in [5, 5.41) is 24.9. The van der Waals surface area contributed by atoms with Crippen molar-refractivity contribution in [2.75, 3.05) is 5.73 Å². The third-order valence-electron chi connectivity index (χ3n) is 4.50. The lowest BCUT2D eigenvalue weighted by Gasteiger charge is -2.07. The number of carbonyl (C=O) groups is 2. The first-order chi connectivity index (χ1) is 15.0. The summed E-state index contributed by atoms with van der Waals surface area (Å²) in [6.45, 7) is 1.52. The highest BCUT2D eigenvalue weighted by molar-refractivity contribution is 7.14. The first kappa shape index (κ1) is 22.8. The molecule has 1 heterocycles. The Morgan fingerprint density at radius 1 is 1.09 bits per heavy atom. The number of nitrogen functional groups attached to an aromatic ring is 1. The van der Waals surface area contributed by atoms with E-state index in [-0.39, 0.29) is 28.3 Å². The normalized spacial score (nSPS) is 11.9. The summed E-state index contributed by atoms with van der Waals surface area (Å²) in [5.74, 6) is -2.05. The van der Waals surface area contributed by atoms with Crippen LogP contribution < -0.4 is 11.2 Å². The molecule has 0 fully saturated rings. The second-order valence-electron chi connectivity index (χ2n) is 6.65. The lowest BCUT2D eigenvalue weighted by atomic mass is 10.1. The zero-order valence-corrected chi connectivity index (χ0v) is 17.2. The minimum atomic E-state index is -4.46. The molecule has 0 aliphatic carbocycles. The van der Waals surface area contributed by atoms with Crippen LogP contribution in [0.3, 0.4) is 0 Å². The number of alkyl halides is 3. The van der Waals surface area contributed by atoms with Crippen molar-refractivity contribution >= 4 is 34.6 Å². The molecule has 0 bridgehead atoms. The number of aromatic carboxylic acids is 1. The van der Waals surface area contributed by atoms with Gasteiger partial charge in [0.2, 0.25) is 0 Å². The van der Waals surface area contributed by atoms with Gasteiger partial charge in [-0.1, -0.05) is 12.1 Å². The Kier molecular flexibility index (Phi) is 6.21. The van der Waals surface area contributed by atoms with E-state index >= 15 is 0 Å². The summed E-state index contributed by atoms with van der Waals surface area (Å²) in [5.41, 5.74) is 8.04. The maximum Gasteiger partial charge on any atom is 0.416 e. The van der Waals surface area contributed by atoms with Gasteiger partial charge in [-0.05, 0) is 42.8 Å². The quantitative estimate of drug-likeness (QED) is 0.251. The number of amides is 1. The Morgan fingerprint density at radius 2 is 1.75 bits per heavy atom. The number of nitrogens with two attached hydrogens (primary N) is 1. The monoisotopic (exact) mass is 463 g/mol. The van der Waals surface area contributed by atoms with Crippen LogP contribution in [0.5, 0.6) is 5.75 Å². The predicted octanol–water partition coefficient (Wildman–Crippen LogP) is 4.57. The van der Waals surface area contributed by atoms with Crippen molar-refractivity contribution in [1.29, 1.82) is 0 Å². The van der Waals surface area contributed by atoms with E-state index in [4.69, 9.17) is 10.8 Å². The molecule has 3 aromatic rings. The minimum Gasteiger partial charge on any atom is -0.506 e. The van der Waals surface area contributed by atoms with Gasteiger partial charge in [0.15, 0.2) is 0 Å². The van der Waals surface area contributed by atoms with Crippen LogP contribution in [0.4, 0.5) is 18.9 Å². The molecule has 0 radical (unpaired) electrons. The maximum atomic E-state index is 12.7. The molecule has 11 heteroatoms. The number of rotatable bonds is 5. The predicted molar refractivity (Wildman–Crippen MR) is 114 cm³/mol. The number of nitrogens with zero attached hydrogens (tertiary/aromatic N) is 1. The first-order valence-corrected chi connectivity index (χ1v) is 9.83. The van der Waals surface area contributed by atoms with Gasteiger partial charge in [0.25, 0.3) is 5.91 Å². The highest BCUT2D eigenvalue weighted by Crippen LogP contribution is 2.40. The Bertz CT molecular complexity index is 1220. The van der Waals surface area contributed by atoms with Gasteiger partial charge in [-0.2, -0.15) is 18.3 Å². The van der Waals surface area contributed by atoms with Gasteiger partial charge in [0, 0.05) is 11.1 Å². The molecule has 166 valence electrons. The number of halogens is 3. The molecule has 5 N–H and O–H groups in total. The number of anilines is 1. The van der Waals surface area contributed by atoms with Gasteiger partial charge < -0.3 is 15.9 Å². The number of aromatic hydroxyl groups is 1. The molecule has 0 aliphatic heterocycles. The van der Waals surface area contributed by atoms with Crippen molar-refractivity contribution in [1.82, 2.24) is 5.43 Å². The molecule has 3 rings (SSSR count). The number of carboxylic acids is 1. The molecule has 0 spiro atoms. The molecular weight excluding hydrogens is 447 g/mol. The van der Waals surface area contributed by atoms with Crippen LogP contribution in [0, 0.1) is 0 Å². The zero-order chi connectivity index (χ0) is 23.6. The summed E-state index contributed by atoms with van der Waals surface area (Å²) < 4.78 is 38.2. The maximum absolute atomic E-state index is 12.7. The molecule has 2 aromatic carbocycles. The summed E-state index contributed by atoms with van der Waals surface area (Å²) >= 11 is 1.11. The molecule has 0 aliphatic rings. The Morgan fingerprint density at radius 3 is 2.31 bits per heavy atom. The molecule has 0 atom stereocenters. The van der Waals surface area contributed by atoms with E-state index in [1.165, 1.54) is 31.2 Å². The number of hydrogen-bond donors (Lipinski definition) is 4. The smallest absolute Gasteiger partial charge is 0.416 e. The van der Waals surface area contributed by atoms with Gasteiger partial charge in [-0.3, -0.25) is 4.79 Å². The Balaban J connectivity index is 1.79. The van der Waals surface area contributed by atoms with E-state index in [2.05, 4.69) is 10.5 Å². The SMILES string of the molecule is CC(=NNC(=O)c1ccc(C(=O)O)cc1N)c1csc(-c2ccc(C(F)(F)F)cc2)c1O. The minimum absolute atomic E-state index is 0.0199. The number of nitrogens with one attached hydrogen (secondary N) is 1. The third-order valence-corrected chi connectivity index (χ3v) is 5.52. The Labute approximate surface area is 183 Å². The van der Waals surface area contributed by atoms with Gasteiger partial charge >= 0.3 is 12.1 Å². The van der Waals surface area contributed by atoms with E-state index in [0.29, 0.717) is 16.0 Å². The van der Waals surface area contributed by atoms with Crippen LogP contribution in [0.1, 0.15) is 38.8 Å². The van der Waals surface area contributed by atoms with E-state index in [9.17, 15) is 27.9 Å². The molecular formula is C21H16F3N3O4S. The summed E-state index contributed by atoms with van der Waals surface area (Å²) in [6.07, 6.45) is -4.46. The van der Waals surface area contributed by atoms with Crippen molar-refractivity contribution in [2.24, 2.45) is 5.10 Å². The average molecular weight is 463 g/mol.